The zero-order valence-corrected chi connectivity index (χ0v) is 14.0. The minimum absolute atomic E-state index is 0.0853. The summed E-state index contributed by atoms with van der Waals surface area (Å²) < 4.78 is 5.35. The maximum absolute atomic E-state index is 11.8. The summed E-state index contributed by atoms with van der Waals surface area (Å²) in [5.41, 5.74) is 0.297. The Kier molecular flexibility index (Phi) is 6.09. The fourth-order valence-corrected chi connectivity index (χ4v) is 3.03. The van der Waals surface area contributed by atoms with Crippen LogP contribution in [-0.2, 0) is 14.3 Å². The molecule has 1 aromatic rings. The van der Waals surface area contributed by atoms with Crippen LogP contribution in [0.15, 0.2) is 22.7 Å². The molecule has 0 radical (unpaired) electrons. The average Bonchev–Trinajstić information content (AvgIpc) is 3.00. The maximum atomic E-state index is 11.8. The predicted molar refractivity (Wildman–Crippen MR) is 87.0 cm³/mol. The zero-order chi connectivity index (χ0) is 16.8. The van der Waals surface area contributed by atoms with Gasteiger partial charge in [-0.15, -0.1) is 0 Å². The number of hydrogen-bond acceptors (Lipinski definition) is 5. The van der Waals surface area contributed by atoms with Crippen LogP contribution in [0.2, 0.25) is 0 Å². The van der Waals surface area contributed by atoms with Crippen molar-refractivity contribution in [3.8, 4) is 0 Å². The first-order valence-corrected chi connectivity index (χ1v) is 8.14. The van der Waals surface area contributed by atoms with E-state index in [-0.39, 0.29) is 18.3 Å². The second-order valence-corrected chi connectivity index (χ2v) is 6.34. The topological polar surface area (TPSA) is 98.5 Å². The third kappa shape index (κ3) is 5.31. The molecule has 124 valence electrons. The van der Waals surface area contributed by atoms with E-state index < -0.39 is 10.8 Å². The van der Waals surface area contributed by atoms with Crippen LogP contribution in [0.3, 0.4) is 0 Å². The Morgan fingerprint density at radius 1 is 1.35 bits per heavy atom. The highest BCUT2D eigenvalue weighted by atomic mass is 79.9. The maximum Gasteiger partial charge on any atom is 0.306 e. The van der Waals surface area contributed by atoms with Gasteiger partial charge in [0, 0.05) is 23.0 Å². The quantitative estimate of drug-likeness (QED) is 0.460. The summed E-state index contributed by atoms with van der Waals surface area (Å²) in [6.45, 7) is -0.366. The molecule has 0 heterocycles. The summed E-state index contributed by atoms with van der Waals surface area (Å²) in [5.74, 6) is -0.483. The molecule has 0 unspecified atom stereocenters. The molecule has 0 atom stereocenters. The number of nitro groups is 1. The van der Waals surface area contributed by atoms with Gasteiger partial charge >= 0.3 is 5.97 Å². The van der Waals surface area contributed by atoms with Crippen LogP contribution in [0.1, 0.15) is 32.1 Å². The van der Waals surface area contributed by atoms with Crippen LogP contribution in [0.25, 0.3) is 0 Å². The van der Waals surface area contributed by atoms with E-state index in [2.05, 4.69) is 21.2 Å². The van der Waals surface area contributed by atoms with Gasteiger partial charge < -0.3 is 10.1 Å². The second-order valence-electron chi connectivity index (χ2n) is 5.48. The Bertz CT molecular complexity index is 614. The van der Waals surface area contributed by atoms with Gasteiger partial charge in [-0.3, -0.25) is 19.7 Å². The number of nitrogens with one attached hydrogen (secondary N) is 1. The van der Waals surface area contributed by atoms with E-state index in [4.69, 9.17) is 4.74 Å². The number of benzene rings is 1. The highest BCUT2D eigenvalue weighted by Crippen LogP contribution is 2.28. The predicted octanol–water partition coefficient (Wildman–Crippen LogP) is 3.42. The monoisotopic (exact) mass is 384 g/mol. The highest BCUT2D eigenvalue weighted by molar-refractivity contribution is 9.10. The zero-order valence-electron chi connectivity index (χ0n) is 12.4. The minimum Gasteiger partial charge on any atom is -0.456 e. The van der Waals surface area contributed by atoms with Crippen molar-refractivity contribution < 1.29 is 19.2 Å². The Morgan fingerprint density at radius 3 is 2.65 bits per heavy atom. The van der Waals surface area contributed by atoms with Crippen LogP contribution in [0, 0.1) is 16.0 Å². The molecule has 0 bridgehead atoms. The average molecular weight is 385 g/mol. The van der Waals surface area contributed by atoms with Crippen LogP contribution >= 0.6 is 15.9 Å². The van der Waals surface area contributed by atoms with Gasteiger partial charge in [0.2, 0.25) is 0 Å². The van der Waals surface area contributed by atoms with Crippen molar-refractivity contribution in [2.75, 3.05) is 11.9 Å². The fraction of sp³-hybridized carbons (Fsp3) is 0.467. The van der Waals surface area contributed by atoms with Crippen LogP contribution in [-0.4, -0.2) is 23.4 Å². The van der Waals surface area contributed by atoms with Crippen molar-refractivity contribution >= 4 is 39.2 Å². The number of nitro benzene ring substituents is 1. The van der Waals surface area contributed by atoms with E-state index in [0.717, 1.165) is 25.7 Å². The first-order chi connectivity index (χ1) is 11.0. The minimum atomic E-state index is -0.527. The lowest BCUT2D eigenvalue weighted by atomic mass is 10.1. The molecule has 7 nitrogen and oxygen atoms in total. The molecule has 1 aromatic carbocycles. The van der Waals surface area contributed by atoms with Crippen molar-refractivity contribution in [1.82, 2.24) is 0 Å². The summed E-state index contributed by atoms with van der Waals surface area (Å²) in [6.07, 6.45) is 4.72. The molecular formula is C15H17BrN2O5. The normalized spacial score (nSPS) is 14.5. The van der Waals surface area contributed by atoms with E-state index in [1.165, 1.54) is 18.2 Å². The molecular weight excluding hydrogens is 368 g/mol. The number of rotatable bonds is 6. The Hall–Kier alpha value is -1.96. The summed E-state index contributed by atoms with van der Waals surface area (Å²) in [4.78, 5) is 33.6. The van der Waals surface area contributed by atoms with Crippen molar-refractivity contribution in [1.29, 1.82) is 0 Å². The molecule has 0 aromatic heterocycles. The van der Waals surface area contributed by atoms with E-state index in [9.17, 15) is 19.7 Å². The molecule has 1 amide bonds. The molecule has 0 saturated heterocycles. The highest BCUT2D eigenvalue weighted by Gasteiger charge is 2.20. The van der Waals surface area contributed by atoms with E-state index in [1.54, 1.807) is 0 Å². The van der Waals surface area contributed by atoms with Gasteiger partial charge in [0.05, 0.1) is 10.6 Å². The molecule has 0 spiro atoms. The first kappa shape index (κ1) is 17.4. The Labute approximate surface area is 141 Å². The van der Waals surface area contributed by atoms with Gasteiger partial charge in [-0.25, -0.2) is 0 Å². The molecule has 2 rings (SSSR count). The molecule has 1 aliphatic rings. The van der Waals surface area contributed by atoms with Crippen LogP contribution in [0.5, 0.6) is 0 Å². The smallest absolute Gasteiger partial charge is 0.306 e. The first-order valence-electron chi connectivity index (χ1n) is 7.35. The van der Waals surface area contributed by atoms with Crippen LogP contribution < -0.4 is 5.32 Å². The lowest BCUT2D eigenvalue weighted by molar-refractivity contribution is -0.384. The Balaban J connectivity index is 1.80. The second kappa shape index (κ2) is 8.05. The number of non-ortho nitro benzene ring substituents is 1. The summed E-state index contributed by atoms with van der Waals surface area (Å²) >= 11 is 3.16. The number of hydrogen-bond donors (Lipinski definition) is 1. The summed E-state index contributed by atoms with van der Waals surface area (Å²) in [6, 6.07) is 3.99. The number of nitrogens with zero attached hydrogens (tertiary/aromatic N) is 1. The SMILES string of the molecule is O=C(COC(=O)CC1CCCC1)Nc1ccc([N+](=O)[O-])cc1Br. The van der Waals surface area contributed by atoms with E-state index in [0.29, 0.717) is 22.5 Å². The standard InChI is InChI=1S/C15H17BrN2O5/c16-12-8-11(18(21)22)5-6-13(12)17-14(19)9-23-15(20)7-10-3-1-2-4-10/h5-6,8,10H,1-4,7,9H2,(H,17,19). The van der Waals surface area contributed by atoms with E-state index >= 15 is 0 Å². The van der Waals surface area contributed by atoms with Gasteiger partial charge in [0.1, 0.15) is 0 Å². The largest absolute Gasteiger partial charge is 0.456 e. The van der Waals surface area contributed by atoms with Gasteiger partial charge in [0.15, 0.2) is 6.61 Å². The van der Waals surface area contributed by atoms with Gasteiger partial charge in [-0.1, -0.05) is 12.8 Å². The molecule has 1 N–H and O–H groups in total. The lowest BCUT2D eigenvalue weighted by Gasteiger charge is -2.10. The van der Waals surface area contributed by atoms with Gasteiger partial charge in [-0.2, -0.15) is 0 Å². The number of carbonyl (C=O) groups is 2. The summed E-state index contributed by atoms with van der Waals surface area (Å²) in [7, 11) is 0. The molecule has 23 heavy (non-hydrogen) atoms. The molecule has 1 saturated carbocycles. The van der Waals surface area contributed by atoms with Crippen molar-refractivity contribution in [2.24, 2.45) is 5.92 Å². The van der Waals surface area contributed by atoms with E-state index in [1.807, 2.05) is 0 Å². The number of carbonyl (C=O) groups excluding carboxylic acids is 2. The number of halogens is 1. The number of ether oxygens (including phenoxy) is 1. The van der Waals surface area contributed by atoms with Crippen LogP contribution in [0.4, 0.5) is 11.4 Å². The third-order valence-electron chi connectivity index (χ3n) is 3.73. The van der Waals surface area contributed by atoms with Crippen molar-refractivity contribution in [2.45, 2.75) is 32.1 Å². The van der Waals surface area contributed by atoms with Crippen molar-refractivity contribution in [3.05, 3.63) is 32.8 Å². The van der Waals surface area contributed by atoms with Crippen molar-refractivity contribution in [3.63, 3.8) is 0 Å². The molecule has 1 aliphatic carbocycles. The lowest BCUT2D eigenvalue weighted by Crippen LogP contribution is -2.21. The molecule has 1 fully saturated rings. The summed E-state index contributed by atoms with van der Waals surface area (Å²) in [5, 5.41) is 13.2. The third-order valence-corrected chi connectivity index (χ3v) is 4.39. The fourth-order valence-electron chi connectivity index (χ4n) is 2.56. The van der Waals surface area contributed by atoms with Gasteiger partial charge in [-0.05, 0) is 40.8 Å². The van der Waals surface area contributed by atoms with Gasteiger partial charge in [0.25, 0.3) is 11.6 Å². The number of amides is 1. The molecule has 0 aliphatic heterocycles. The Morgan fingerprint density at radius 2 is 2.04 bits per heavy atom. The number of anilines is 1. The number of esters is 1. The molecule has 8 heteroatoms.